The summed E-state index contributed by atoms with van der Waals surface area (Å²) in [5.41, 5.74) is 1.18. The van der Waals surface area contributed by atoms with E-state index in [4.69, 9.17) is 12.2 Å². The van der Waals surface area contributed by atoms with E-state index in [0.29, 0.717) is 11.8 Å². The van der Waals surface area contributed by atoms with Crippen molar-refractivity contribution in [1.29, 1.82) is 0 Å². The number of phenolic OH excluding ortho intramolecular Hbond substituents is 1. The quantitative estimate of drug-likeness (QED) is 0.815. The molecule has 5 heteroatoms. The molecule has 0 amide bonds. The monoisotopic (exact) mass is 331 g/mol. The Kier molecular flexibility index (Phi) is 4.05. The van der Waals surface area contributed by atoms with Crippen LogP contribution in [0, 0.1) is 11.8 Å². The molecule has 2 saturated carbocycles. The van der Waals surface area contributed by atoms with Gasteiger partial charge in [0.15, 0.2) is 5.11 Å². The van der Waals surface area contributed by atoms with Crippen molar-refractivity contribution in [1.82, 2.24) is 10.2 Å². The lowest BCUT2D eigenvalue weighted by Gasteiger charge is -2.38. The van der Waals surface area contributed by atoms with Gasteiger partial charge in [-0.2, -0.15) is 0 Å². The van der Waals surface area contributed by atoms with Crippen molar-refractivity contribution in [2.45, 2.75) is 31.7 Å². The molecule has 1 heterocycles. The first-order valence-corrected chi connectivity index (χ1v) is 9.19. The summed E-state index contributed by atoms with van der Waals surface area (Å²) in [7, 11) is 0. The lowest BCUT2D eigenvalue weighted by molar-refractivity contribution is 0.345. The van der Waals surface area contributed by atoms with Gasteiger partial charge in [-0.05, 0) is 67.6 Å². The maximum absolute atomic E-state index is 9.40. The van der Waals surface area contributed by atoms with Gasteiger partial charge in [-0.25, -0.2) is 0 Å². The van der Waals surface area contributed by atoms with Crippen LogP contribution >= 0.6 is 12.2 Å². The predicted octanol–water partition coefficient (Wildman–Crippen LogP) is 2.58. The summed E-state index contributed by atoms with van der Waals surface area (Å²) >= 11 is 5.66. The average molecular weight is 331 g/mol. The van der Waals surface area contributed by atoms with Crippen molar-refractivity contribution in [2.24, 2.45) is 11.8 Å². The predicted molar refractivity (Wildman–Crippen MR) is 96.9 cm³/mol. The molecule has 0 unspecified atom stereocenters. The number of anilines is 1. The van der Waals surface area contributed by atoms with Crippen molar-refractivity contribution in [3.8, 4) is 5.75 Å². The average Bonchev–Trinajstić information content (AvgIpc) is 3.18. The van der Waals surface area contributed by atoms with Gasteiger partial charge < -0.3 is 20.2 Å². The normalized spacial score (nSPS) is 29.8. The Morgan fingerprint density at radius 3 is 2.39 bits per heavy atom. The Balaban J connectivity index is 1.29. The number of fused-ring (bicyclic) bond motifs is 2. The van der Waals surface area contributed by atoms with E-state index >= 15 is 0 Å². The maximum Gasteiger partial charge on any atom is 0.169 e. The van der Waals surface area contributed by atoms with Gasteiger partial charge in [0.2, 0.25) is 0 Å². The summed E-state index contributed by atoms with van der Waals surface area (Å²) in [5.74, 6) is 2.13. The summed E-state index contributed by atoms with van der Waals surface area (Å²) in [5, 5.41) is 14.0. The van der Waals surface area contributed by atoms with Gasteiger partial charge in [0.1, 0.15) is 5.75 Å². The molecule has 0 aromatic heterocycles. The van der Waals surface area contributed by atoms with Gasteiger partial charge in [-0.3, -0.25) is 0 Å². The SMILES string of the molecule is Oc1ccc(N2CCN(C(=S)N[C@H]3C[C@H]4CC[C@@H]3C4)CC2)cc1. The third kappa shape index (κ3) is 3.11. The fourth-order valence-corrected chi connectivity index (χ4v) is 4.84. The summed E-state index contributed by atoms with van der Waals surface area (Å²) < 4.78 is 0. The van der Waals surface area contributed by atoms with Gasteiger partial charge in [0.05, 0.1) is 0 Å². The van der Waals surface area contributed by atoms with E-state index in [0.717, 1.165) is 43.1 Å². The number of aromatic hydroxyl groups is 1. The molecule has 0 spiro atoms. The van der Waals surface area contributed by atoms with Crippen LogP contribution < -0.4 is 10.2 Å². The van der Waals surface area contributed by atoms with Crippen LogP contribution in [0.5, 0.6) is 5.75 Å². The molecule has 4 rings (SSSR count). The number of nitrogens with one attached hydrogen (secondary N) is 1. The number of piperazine rings is 1. The summed E-state index contributed by atoms with van der Waals surface area (Å²) in [6.45, 7) is 3.88. The van der Waals surface area contributed by atoms with E-state index in [1.54, 1.807) is 12.1 Å². The van der Waals surface area contributed by atoms with Crippen LogP contribution in [0.25, 0.3) is 0 Å². The third-order valence-electron chi connectivity index (χ3n) is 5.83. The Bertz CT molecular complexity index is 568. The van der Waals surface area contributed by atoms with Gasteiger partial charge in [-0.15, -0.1) is 0 Å². The zero-order chi connectivity index (χ0) is 15.8. The fraction of sp³-hybridized carbons (Fsp3) is 0.611. The molecule has 2 aliphatic carbocycles. The number of phenols is 1. The molecule has 3 atom stereocenters. The highest BCUT2D eigenvalue weighted by molar-refractivity contribution is 7.80. The highest BCUT2D eigenvalue weighted by Gasteiger charge is 2.40. The van der Waals surface area contributed by atoms with Crippen LogP contribution in [0.15, 0.2) is 24.3 Å². The molecule has 2 bridgehead atoms. The number of thiocarbonyl (C=S) groups is 1. The molecule has 1 aliphatic heterocycles. The van der Waals surface area contributed by atoms with E-state index < -0.39 is 0 Å². The first kappa shape index (κ1) is 15.1. The number of hydrogen-bond donors (Lipinski definition) is 2. The second-order valence-corrected chi connectivity index (χ2v) is 7.61. The highest BCUT2D eigenvalue weighted by Crippen LogP contribution is 2.44. The van der Waals surface area contributed by atoms with Crippen molar-refractivity contribution in [3.63, 3.8) is 0 Å². The van der Waals surface area contributed by atoms with Gasteiger partial charge in [-0.1, -0.05) is 6.42 Å². The number of nitrogens with zero attached hydrogens (tertiary/aromatic N) is 2. The molecular formula is C18H25N3OS. The fourth-order valence-electron chi connectivity index (χ4n) is 4.50. The van der Waals surface area contributed by atoms with E-state index in [9.17, 15) is 5.11 Å². The van der Waals surface area contributed by atoms with Crippen LogP contribution in [0.4, 0.5) is 5.69 Å². The molecule has 1 aromatic rings. The first-order valence-electron chi connectivity index (χ1n) is 8.78. The van der Waals surface area contributed by atoms with E-state index in [1.165, 1.54) is 31.4 Å². The maximum atomic E-state index is 9.40. The van der Waals surface area contributed by atoms with Crippen molar-refractivity contribution >= 4 is 23.0 Å². The Labute approximate surface area is 143 Å². The van der Waals surface area contributed by atoms with Crippen molar-refractivity contribution in [2.75, 3.05) is 31.1 Å². The second kappa shape index (κ2) is 6.19. The van der Waals surface area contributed by atoms with E-state index in [1.807, 2.05) is 12.1 Å². The van der Waals surface area contributed by atoms with Crippen LogP contribution in [-0.4, -0.2) is 47.3 Å². The Morgan fingerprint density at radius 1 is 1.04 bits per heavy atom. The number of hydrogen-bond acceptors (Lipinski definition) is 3. The standard InChI is InChI=1S/C18H25N3OS/c22-16-5-3-15(4-6-16)20-7-9-21(10-8-20)18(23)19-17-12-13-1-2-14(17)11-13/h3-6,13-14,17,22H,1-2,7-12H2,(H,19,23)/t13-,14+,17-/m0/s1. The van der Waals surface area contributed by atoms with Gasteiger partial charge in [0, 0.05) is 37.9 Å². The lowest BCUT2D eigenvalue weighted by Crippen LogP contribution is -2.54. The molecule has 0 radical (unpaired) electrons. The van der Waals surface area contributed by atoms with E-state index in [2.05, 4.69) is 15.1 Å². The molecule has 4 nitrogen and oxygen atoms in total. The molecule has 3 aliphatic rings. The topological polar surface area (TPSA) is 38.7 Å². The molecule has 2 N–H and O–H groups in total. The van der Waals surface area contributed by atoms with Gasteiger partial charge >= 0.3 is 0 Å². The van der Waals surface area contributed by atoms with Crippen LogP contribution in [0.2, 0.25) is 0 Å². The Hall–Kier alpha value is -1.49. The Morgan fingerprint density at radius 2 is 1.78 bits per heavy atom. The molecule has 124 valence electrons. The van der Waals surface area contributed by atoms with E-state index in [-0.39, 0.29) is 0 Å². The van der Waals surface area contributed by atoms with Crippen LogP contribution in [0.3, 0.4) is 0 Å². The molecule has 23 heavy (non-hydrogen) atoms. The number of rotatable bonds is 2. The van der Waals surface area contributed by atoms with Gasteiger partial charge in [0.25, 0.3) is 0 Å². The van der Waals surface area contributed by atoms with Crippen molar-refractivity contribution in [3.05, 3.63) is 24.3 Å². The van der Waals surface area contributed by atoms with Crippen molar-refractivity contribution < 1.29 is 5.11 Å². The largest absolute Gasteiger partial charge is 0.508 e. The third-order valence-corrected chi connectivity index (χ3v) is 6.20. The summed E-state index contributed by atoms with van der Waals surface area (Å²) in [6, 6.07) is 8.09. The minimum absolute atomic E-state index is 0.323. The van der Waals surface area contributed by atoms with Crippen LogP contribution in [-0.2, 0) is 0 Å². The zero-order valence-electron chi connectivity index (χ0n) is 13.4. The summed E-state index contributed by atoms with van der Waals surface area (Å²) in [4.78, 5) is 4.67. The molecule has 3 fully saturated rings. The number of benzene rings is 1. The minimum Gasteiger partial charge on any atom is -0.508 e. The van der Waals surface area contributed by atoms with Crippen LogP contribution in [0.1, 0.15) is 25.7 Å². The zero-order valence-corrected chi connectivity index (χ0v) is 14.3. The minimum atomic E-state index is 0.323. The molecule has 1 saturated heterocycles. The summed E-state index contributed by atoms with van der Waals surface area (Å²) in [6.07, 6.45) is 5.55. The first-order chi connectivity index (χ1) is 11.2. The highest BCUT2D eigenvalue weighted by atomic mass is 32.1. The smallest absolute Gasteiger partial charge is 0.169 e. The molecular weight excluding hydrogens is 306 g/mol. The second-order valence-electron chi connectivity index (χ2n) is 7.22. The molecule has 1 aromatic carbocycles. The lowest BCUT2D eigenvalue weighted by atomic mass is 9.95.